The molecule has 5 heteroatoms. The van der Waals surface area contributed by atoms with Crippen LogP contribution in [-0.4, -0.2) is 31.2 Å². The van der Waals surface area contributed by atoms with Crippen molar-refractivity contribution in [3.8, 4) is 0 Å². The van der Waals surface area contributed by atoms with Crippen LogP contribution in [0.3, 0.4) is 0 Å². The van der Waals surface area contributed by atoms with Gasteiger partial charge in [-0.1, -0.05) is 20.3 Å². The molecule has 17 heavy (non-hydrogen) atoms. The second-order valence-corrected chi connectivity index (χ2v) is 4.48. The Bertz CT molecular complexity index is 201. The fourth-order valence-corrected chi connectivity index (χ4v) is 1.23. The van der Waals surface area contributed by atoms with E-state index in [-0.39, 0.29) is 30.3 Å². The van der Waals surface area contributed by atoms with E-state index < -0.39 is 6.04 Å². The zero-order valence-electron chi connectivity index (χ0n) is 11.4. The minimum atomic E-state index is -0.393. The lowest BCUT2D eigenvalue weighted by Crippen LogP contribution is -2.45. The van der Waals surface area contributed by atoms with Gasteiger partial charge in [-0.15, -0.1) is 12.4 Å². The molecular weight excluding hydrogens is 240 g/mol. The van der Waals surface area contributed by atoms with Gasteiger partial charge in [-0.3, -0.25) is 4.79 Å². The van der Waals surface area contributed by atoms with Gasteiger partial charge in [-0.05, 0) is 26.2 Å². The molecule has 2 atom stereocenters. The van der Waals surface area contributed by atoms with E-state index in [1.54, 1.807) is 0 Å². The summed E-state index contributed by atoms with van der Waals surface area (Å²) in [6.07, 6.45) is 2.00. The Morgan fingerprint density at radius 1 is 1.35 bits per heavy atom. The van der Waals surface area contributed by atoms with Gasteiger partial charge in [0.1, 0.15) is 0 Å². The largest absolute Gasteiger partial charge is 0.379 e. The smallest absolute Gasteiger partial charge is 0.237 e. The summed E-state index contributed by atoms with van der Waals surface area (Å²) >= 11 is 0. The van der Waals surface area contributed by atoms with Crippen LogP contribution in [0.1, 0.15) is 40.5 Å². The molecule has 0 saturated heterocycles. The van der Waals surface area contributed by atoms with E-state index in [1.807, 2.05) is 27.7 Å². The maximum atomic E-state index is 11.6. The van der Waals surface area contributed by atoms with Gasteiger partial charge in [0.15, 0.2) is 0 Å². The maximum Gasteiger partial charge on any atom is 0.237 e. The van der Waals surface area contributed by atoms with Crippen LogP contribution >= 0.6 is 12.4 Å². The monoisotopic (exact) mass is 266 g/mol. The third-order valence-corrected chi connectivity index (χ3v) is 2.63. The van der Waals surface area contributed by atoms with Crippen molar-refractivity contribution >= 4 is 18.3 Å². The van der Waals surface area contributed by atoms with Gasteiger partial charge < -0.3 is 15.8 Å². The molecule has 0 rings (SSSR count). The highest BCUT2D eigenvalue weighted by Gasteiger charge is 2.18. The molecule has 0 bridgehead atoms. The van der Waals surface area contributed by atoms with Crippen LogP contribution in [-0.2, 0) is 9.53 Å². The van der Waals surface area contributed by atoms with E-state index in [0.29, 0.717) is 13.2 Å². The molecule has 0 heterocycles. The van der Waals surface area contributed by atoms with Crippen LogP contribution in [0.4, 0.5) is 0 Å². The molecule has 2 unspecified atom stereocenters. The topological polar surface area (TPSA) is 64.4 Å². The van der Waals surface area contributed by atoms with Crippen molar-refractivity contribution in [1.82, 2.24) is 5.32 Å². The minimum absolute atomic E-state index is 0. The molecule has 0 saturated carbocycles. The first-order chi connectivity index (χ1) is 7.49. The Morgan fingerprint density at radius 3 is 2.41 bits per heavy atom. The first kappa shape index (κ1) is 19.0. The van der Waals surface area contributed by atoms with Crippen LogP contribution in [0.2, 0.25) is 0 Å². The zero-order chi connectivity index (χ0) is 12.6. The molecule has 0 aromatic rings. The summed E-state index contributed by atoms with van der Waals surface area (Å²) in [6.45, 7) is 9.33. The summed E-state index contributed by atoms with van der Waals surface area (Å²) in [5.41, 5.74) is 5.79. The second-order valence-electron chi connectivity index (χ2n) is 4.48. The quantitative estimate of drug-likeness (QED) is 0.658. The highest BCUT2D eigenvalue weighted by molar-refractivity contribution is 5.85. The molecule has 0 fully saturated rings. The highest BCUT2D eigenvalue weighted by atomic mass is 35.5. The van der Waals surface area contributed by atoms with E-state index in [2.05, 4.69) is 5.32 Å². The summed E-state index contributed by atoms with van der Waals surface area (Å²) in [7, 11) is 0. The highest BCUT2D eigenvalue weighted by Crippen LogP contribution is 2.04. The number of nitrogens with two attached hydrogens (primary N) is 1. The lowest BCUT2D eigenvalue weighted by atomic mass is 9.99. The summed E-state index contributed by atoms with van der Waals surface area (Å²) < 4.78 is 5.37. The Morgan fingerprint density at radius 2 is 1.94 bits per heavy atom. The maximum absolute atomic E-state index is 11.6. The fourth-order valence-electron chi connectivity index (χ4n) is 1.23. The molecular formula is C12H27ClN2O2. The lowest BCUT2D eigenvalue weighted by molar-refractivity contribution is -0.123. The van der Waals surface area contributed by atoms with E-state index in [4.69, 9.17) is 10.5 Å². The van der Waals surface area contributed by atoms with Crippen molar-refractivity contribution in [1.29, 1.82) is 0 Å². The summed E-state index contributed by atoms with van der Waals surface area (Å²) in [5, 5.41) is 2.83. The number of rotatable bonds is 8. The molecule has 3 N–H and O–H groups in total. The number of amides is 1. The predicted molar refractivity (Wildman–Crippen MR) is 73.4 cm³/mol. The second kappa shape index (κ2) is 10.8. The minimum Gasteiger partial charge on any atom is -0.379 e. The van der Waals surface area contributed by atoms with Crippen molar-refractivity contribution in [2.24, 2.45) is 11.7 Å². The lowest BCUT2D eigenvalue weighted by Gasteiger charge is -2.17. The summed E-state index contributed by atoms with van der Waals surface area (Å²) in [6, 6.07) is -0.393. The van der Waals surface area contributed by atoms with Gasteiger partial charge in [-0.25, -0.2) is 0 Å². The van der Waals surface area contributed by atoms with Crippen molar-refractivity contribution < 1.29 is 9.53 Å². The third kappa shape index (κ3) is 9.39. The number of hydrogen-bond acceptors (Lipinski definition) is 3. The molecule has 1 amide bonds. The Labute approximate surface area is 111 Å². The Balaban J connectivity index is 0. The van der Waals surface area contributed by atoms with Gasteiger partial charge >= 0.3 is 0 Å². The van der Waals surface area contributed by atoms with Crippen molar-refractivity contribution in [3.63, 3.8) is 0 Å². The molecule has 0 aromatic carbocycles. The van der Waals surface area contributed by atoms with E-state index in [0.717, 1.165) is 12.8 Å². The SMILES string of the molecule is CCC(C)C(N)C(=O)NCCCOC(C)C.Cl. The summed E-state index contributed by atoms with van der Waals surface area (Å²) in [4.78, 5) is 11.6. The van der Waals surface area contributed by atoms with Crippen molar-refractivity contribution in [2.45, 2.75) is 52.7 Å². The summed E-state index contributed by atoms with van der Waals surface area (Å²) in [5.74, 6) is 0.172. The fraction of sp³-hybridized carbons (Fsp3) is 0.917. The van der Waals surface area contributed by atoms with Crippen LogP contribution < -0.4 is 11.1 Å². The molecule has 104 valence electrons. The molecule has 0 aliphatic heterocycles. The van der Waals surface area contributed by atoms with Gasteiger partial charge in [0.25, 0.3) is 0 Å². The number of hydrogen-bond donors (Lipinski definition) is 2. The van der Waals surface area contributed by atoms with Gasteiger partial charge in [0, 0.05) is 13.2 Å². The van der Waals surface area contributed by atoms with E-state index >= 15 is 0 Å². The average Bonchev–Trinajstić information content (AvgIpc) is 2.25. The number of halogens is 1. The average molecular weight is 267 g/mol. The molecule has 0 aliphatic rings. The van der Waals surface area contributed by atoms with Crippen LogP contribution in [0.25, 0.3) is 0 Å². The van der Waals surface area contributed by atoms with Crippen LogP contribution in [0, 0.1) is 5.92 Å². The van der Waals surface area contributed by atoms with Crippen LogP contribution in [0.15, 0.2) is 0 Å². The standard InChI is InChI=1S/C12H26N2O2.ClH/c1-5-10(4)11(13)12(15)14-7-6-8-16-9(2)3;/h9-11H,5-8,13H2,1-4H3,(H,14,15);1H. The van der Waals surface area contributed by atoms with Gasteiger partial charge in [0.05, 0.1) is 12.1 Å². The van der Waals surface area contributed by atoms with Gasteiger partial charge in [-0.2, -0.15) is 0 Å². The van der Waals surface area contributed by atoms with Crippen molar-refractivity contribution in [2.75, 3.05) is 13.2 Å². The number of nitrogens with one attached hydrogen (secondary N) is 1. The first-order valence-corrected chi connectivity index (χ1v) is 6.13. The van der Waals surface area contributed by atoms with Gasteiger partial charge in [0.2, 0.25) is 5.91 Å². The van der Waals surface area contributed by atoms with E-state index in [1.165, 1.54) is 0 Å². The number of carbonyl (C=O) groups is 1. The number of carbonyl (C=O) groups excluding carboxylic acids is 1. The molecule has 0 aliphatic carbocycles. The third-order valence-electron chi connectivity index (χ3n) is 2.63. The van der Waals surface area contributed by atoms with E-state index in [9.17, 15) is 4.79 Å². The van der Waals surface area contributed by atoms with Crippen LogP contribution in [0.5, 0.6) is 0 Å². The molecule has 0 aromatic heterocycles. The normalized spacial score (nSPS) is 14.0. The Kier molecular flexibility index (Phi) is 12.1. The molecule has 0 spiro atoms. The first-order valence-electron chi connectivity index (χ1n) is 6.13. The molecule has 4 nitrogen and oxygen atoms in total. The molecule has 0 radical (unpaired) electrons. The predicted octanol–water partition coefficient (Wildman–Crippen LogP) is 1.71. The Hall–Kier alpha value is -0.320. The van der Waals surface area contributed by atoms with Crippen molar-refractivity contribution in [3.05, 3.63) is 0 Å². The zero-order valence-corrected chi connectivity index (χ0v) is 12.2. The number of ether oxygens (including phenoxy) is 1.